The molecule has 1 amide bonds. The number of aryl methyl sites for hydroxylation is 2. The summed E-state index contributed by atoms with van der Waals surface area (Å²) in [5.74, 6) is 0.993. The van der Waals surface area contributed by atoms with Gasteiger partial charge in [0.05, 0.1) is 5.75 Å². The number of anilines is 1. The van der Waals surface area contributed by atoms with Crippen LogP contribution in [0.2, 0.25) is 0 Å². The van der Waals surface area contributed by atoms with Gasteiger partial charge in [-0.25, -0.2) is 0 Å². The second-order valence-corrected chi connectivity index (χ2v) is 9.69. The smallest absolute Gasteiger partial charge is 0.250 e. The number of aromatic nitrogens is 1. The Morgan fingerprint density at radius 1 is 1.17 bits per heavy atom. The third-order valence-corrected chi connectivity index (χ3v) is 7.09. The van der Waals surface area contributed by atoms with Crippen molar-refractivity contribution in [3.05, 3.63) is 63.6 Å². The standard InChI is InChI=1S/C22H25N3O2S2/c1-14-6-15(2)8-18(7-14)23-20(26)13-29-22(28)24-10-16-9-17(12-24)19-4-3-5-21(27)25(19)11-16/h3-8,16-17H,9-13H2,1-2H3,(H,23,26). The summed E-state index contributed by atoms with van der Waals surface area (Å²) in [5, 5.41) is 2.97. The summed E-state index contributed by atoms with van der Waals surface area (Å²) in [6.07, 6.45) is 1.10. The first-order chi connectivity index (χ1) is 13.9. The number of thiocarbonyl (C=S) groups is 1. The fraction of sp³-hybridized carbons (Fsp3) is 0.409. The van der Waals surface area contributed by atoms with E-state index in [1.54, 1.807) is 6.07 Å². The fourth-order valence-electron chi connectivity index (χ4n) is 4.51. The molecule has 4 rings (SSSR count). The molecule has 2 bridgehead atoms. The Morgan fingerprint density at radius 3 is 2.69 bits per heavy atom. The summed E-state index contributed by atoms with van der Waals surface area (Å²) in [6, 6.07) is 11.6. The zero-order valence-electron chi connectivity index (χ0n) is 16.7. The highest BCUT2D eigenvalue weighted by molar-refractivity contribution is 8.23. The highest BCUT2D eigenvalue weighted by Crippen LogP contribution is 2.36. The van der Waals surface area contributed by atoms with Gasteiger partial charge in [0.2, 0.25) is 5.91 Å². The van der Waals surface area contributed by atoms with Gasteiger partial charge >= 0.3 is 0 Å². The maximum absolute atomic E-state index is 12.4. The third kappa shape index (κ3) is 4.56. The molecule has 1 fully saturated rings. The van der Waals surface area contributed by atoms with Crippen molar-refractivity contribution in [3.8, 4) is 0 Å². The van der Waals surface area contributed by atoms with Gasteiger partial charge in [-0.3, -0.25) is 9.59 Å². The molecule has 0 aliphatic carbocycles. The Hall–Kier alpha value is -2.12. The topological polar surface area (TPSA) is 54.3 Å². The number of amides is 1. The molecule has 2 aromatic rings. The van der Waals surface area contributed by atoms with Crippen LogP contribution < -0.4 is 10.9 Å². The van der Waals surface area contributed by atoms with E-state index < -0.39 is 0 Å². The molecule has 1 aromatic heterocycles. The number of hydrogen-bond donors (Lipinski definition) is 1. The largest absolute Gasteiger partial charge is 0.356 e. The predicted octanol–water partition coefficient (Wildman–Crippen LogP) is 3.54. The number of piperidine rings is 1. The van der Waals surface area contributed by atoms with Gasteiger partial charge in [0.1, 0.15) is 4.32 Å². The van der Waals surface area contributed by atoms with Gasteiger partial charge in [-0.2, -0.15) is 0 Å². The Bertz CT molecular complexity index is 997. The Morgan fingerprint density at radius 2 is 1.93 bits per heavy atom. The average molecular weight is 428 g/mol. The maximum atomic E-state index is 12.4. The molecule has 0 spiro atoms. The number of thioether (sulfide) groups is 1. The van der Waals surface area contributed by atoms with Crippen LogP contribution in [-0.4, -0.2) is 38.5 Å². The number of fused-ring (bicyclic) bond motifs is 4. The number of pyridine rings is 1. The lowest BCUT2D eigenvalue weighted by atomic mass is 9.83. The fourth-order valence-corrected chi connectivity index (χ4v) is 5.49. The van der Waals surface area contributed by atoms with Gasteiger partial charge in [-0.15, -0.1) is 0 Å². The van der Waals surface area contributed by atoms with Crippen molar-refractivity contribution >= 4 is 39.9 Å². The quantitative estimate of drug-likeness (QED) is 0.760. The second kappa shape index (κ2) is 8.32. The Balaban J connectivity index is 1.35. The van der Waals surface area contributed by atoms with Gasteiger partial charge in [-0.1, -0.05) is 36.1 Å². The average Bonchev–Trinajstić information content (AvgIpc) is 2.66. The highest BCUT2D eigenvalue weighted by Gasteiger charge is 2.35. The molecule has 2 aliphatic rings. The molecule has 2 aliphatic heterocycles. The lowest BCUT2D eigenvalue weighted by molar-refractivity contribution is -0.113. The lowest BCUT2D eigenvalue weighted by Crippen LogP contribution is -2.48. The minimum atomic E-state index is -0.0450. The molecule has 0 radical (unpaired) electrons. The maximum Gasteiger partial charge on any atom is 0.250 e. The Labute approximate surface area is 180 Å². The summed E-state index contributed by atoms with van der Waals surface area (Å²) < 4.78 is 2.69. The van der Waals surface area contributed by atoms with Crippen LogP contribution in [0.1, 0.15) is 29.2 Å². The van der Waals surface area contributed by atoms with Crippen molar-refractivity contribution in [2.45, 2.75) is 32.7 Å². The van der Waals surface area contributed by atoms with E-state index in [-0.39, 0.29) is 11.5 Å². The van der Waals surface area contributed by atoms with Gasteiger partial charge < -0.3 is 14.8 Å². The molecule has 3 heterocycles. The number of hydrogen-bond acceptors (Lipinski definition) is 4. The summed E-state index contributed by atoms with van der Waals surface area (Å²) in [4.78, 5) is 26.7. The van der Waals surface area contributed by atoms with E-state index in [0.717, 1.165) is 52.9 Å². The number of nitrogens with zero attached hydrogens (tertiary/aromatic N) is 2. The minimum Gasteiger partial charge on any atom is -0.356 e. The molecule has 29 heavy (non-hydrogen) atoms. The van der Waals surface area contributed by atoms with Crippen molar-refractivity contribution in [3.63, 3.8) is 0 Å². The number of likely N-dealkylation sites (tertiary alicyclic amines) is 1. The van der Waals surface area contributed by atoms with E-state index in [2.05, 4.69) is 22.3 Å². The van der Waals surface area contributed by atoms with E-state index in [0.29, 0.717) is 17.6 Å². The van der Waals surface area contributed by atoms with Crippen molar-refractivity contribution in [2.75, 3.05) is 24.2 Å². The van der Waals surface area contributed by atoms with E-state index in [9.17, 15) is 9.59 Å². The van der Waals surface area contributed by atoms with Crippen LogP contribution in [0.5, 0.6) is 0 Å². The van der Waals surface area contributed by atoms with Crippen LogP contribution >= 0.6 is 24.0 Å². The van der Waals surface area contributed by atoms with Crippen LogP contribution in [0.3, 0.4) is 0 Å². The number of carbonyl (C=O) groups excluding carboxylic acids is 1. The van der Waals surface area contributed by atoms with Gasteiger partial charge in [0.15, 0.2) is 0 Å². The highest BCUT2D eigenvalue weighted by atomic mass is 32.2. The van der Waals surface area contributed by atoms with E-state index in [4.69, 9.17) is 12.2 Å². The molecule has 2 unspecified atom stereocenters. The first-order valence-electron chi connectivity index (χ1n) is 9.88. The van der Waals surface area contributed by atoms with Gasteiger partial charge in [0.25, 0.3) is 5.56 Å². The zero-order valence-corrected chi connectivity index (χ0v) is 18.3. The van der Waals surface area contributed by atoms with E-state index in [1.165, 1.54) is 11.8 Å². The third-order valence-electron chi connectivity index (χ3n) is 5.57. The van der Waals surface area contributed by atoms with E-state index >= 15 is 0 Å². The minimum absolute atomic E-state index is 0.0450. The van der Waals surface area contributed by atoms with Crippen LogP contribution in [0.15, 0.2) is 41.2 Å². The molecular formula is C22H25N3O2S2. The van der Waals surface area contributed by atoms with Crippen LogP contribution in [-0.2, 0) is 11.3 Å². The molecule has 5 nitrogen and oxygen atoms in total. The van der Waals surface area contributed by atoms with Crippen LogP contribution in [0, 0.1) is 19.8 Å². The van der Waals surface area contributed by atoms with Crippen LogP contribution in [0.4, 0.5) is 5.69 Å². The number of benzene rings is 1. The number of nitrogens with one attached hydrogen (secondary N) is 1. The molecule has 1 saturated heterocycles. The number of rotatable bonds is 3. The van der Waals surface area contributed by atoms with Crippen molar-refractivity contribution in [1.29, 1.82) is 0 Å². The Kier molecular flexibility index (Phi) is 5.79. The summed E-state index contributed by atoms with van der Waals surface area (Å²) in [5.41, 5.74) is 4.28. The van der Waals surface area contributed by atoms with Gasteiger partial charge in [0, 0.05) is 43.0 Å². The number of carbonyl (C=O) groups is 1. The second-order valence-electron chi connectivity index (χ2n) is 8.08. The molecule has 0 saturated carbocycles. The van der Waals surface area contributed by atoms with Crippen molar-refractivity contribution in [1.82, 2.24) is 9.47 Å². The van der Waals surface area contributed by atoms with Crippen molar-refractivity contribution < 1.29 is 4.79 Å². The summed E-state index contributed by atoms with van der Waals surface area (Å²) in [7, 11) is 0. The molecule has 152 valence electrons. The molecule has 1 aromatic carbocycles. The molecule has 2 atom stereocenters. The molecular weight excluding hydrogens is 402 g/mol. The normalized spacial score (nSPS) is 20.1. The molecule has 7 heteroatoms. The lowest BCUT2D eigenvalue weighted by Gasteiger charge is -2.43. The SMILES string of the molecule is Cc1cc(C)cc(NC(=O)CSC(=S)N2CC3CC(C2)c2cccc(=O)n2C3)c1. The summed E-state index contributed by atoms with van der Waals surface area (Å²) in [6.45, 7) is 6.45. The van der Waals surface area contributed by atoms with Crippen LogP contribution in [0.25, 0.3) is 0 Å². The van der Waals surface area contributed by atoms with Crippen molar-refractivity contribution in [2.24, 2.45) is 5.92 Å². The zero-order chi connectivity index (χ0) is 20.5. The predicted molar refractivity (Wildman–Crippen MR) is 123 cm³/mol. The van der Waals surface area contributed by atoms with Gasteiger partial charge in [-0.05, 0) is 55.5 Å². The first-order valence-corrected chi connectivity index (χ1v) is 11.3. The molecule has 1 N–H and O–H groups in total. The van der Waals surface area contributed by atoms with E-state index in [1.807, 2.05) is 36.6 Å². The monoisotopic (exact) mass is 427 g/mol. The first kappa shape index (κ1) is 20.2. The summed E-state index contributed by atoms with van der Waals surface area (Å²) >= 11 is 7.06.